The number of likely N-dealkylation sites (N-methyl/N-ethyl adjacent to an activating group) is 1. The van der Waals surface area contributed by atoms with Gasteiger partial charge >= 0.3 is 0 Å². The Morgan fingerprint density at radius 2 is 1.84 bits per heavy atom. The number of aromatic nitrogens is 1. The number of hydrogen-bond acceptors (Lipinski definition) is 2. The molecule has 0 aliphatic rings. The van der Waals surface area contributed by atoms with Crippen LogP contribution in [-0.4, -0.2) is 18.1 Å². The number of nitrogens with one attached hydrogen (secondary N) is 1. The highest BCUT2D eigenvalue weighted by molar-refractivity contribution is 5.19. The molecule has 0 saturated heterocycles. The Morgan fingerprint density at radius 3 is 2.42 bits per heavy atom. The third-order valence-corrected chi connectivity index (χ3v) is 2.99. The summed E-state index contributed by atoms with van der Waals surface area (Å²) in [6.07, 6.45) is 3.02. The van der Waals surface area contributed by atoms with Crippen LogP contribution < -0.4 is 5.32 Å². The van der Waals surface area contributed by atoms with E-state index in [9.17, 15) is 8.78 Å². The van der Waals surface area contributed by atoms with Gasteiger partial charge in [-0.3, -0.25) is 4.98 Å². The van der Waals surface area contributed by atoms with Crippen LogP contribution in [0.2, 0.25) is 0 Å². The lowest BCUT2D eigenvalue weighted by Crippen LogP contribution is -2.30. The monoisotopic (exact) mass is 262 g/mol. The van der Waals surface area contributed by atoms with Gasteiger partial charge in [-0.1, -0.05) is 6.07 Å². The van der Waals surface area contributed by atoms with Gasteiger partial charge in [-0.2, -0.15) is 0 Å². The fraction of sp³-hybridized carbons (Fsp3) is 0.267. The zero-order valence-electron chi connectivity index (χ0n) is 10.7. The van der Waals surface area contributed by atoms with E-state index in [0.717, 1.165) is 18.2 Å². The third-order valence-electron chi connectivity index (χ3n) is 2.99. The van der Waals surface area contributed by atoms with Gasteiger partial charge in [0.2, 0.25) is 0 Å². The van der Waals surface area contributed by atoms with Crippen LogP contribution >= 0.6 is 0 Å². The molecule has 1 atom stereocenters. The number of halogens is 2. The molecule has 1 unspecified atom stereocenters. The van der Waals surface area contributed by atoms with Crippen LogP contribution in [0.3, 0.4) is 0 Å². The van der Waals surface area contributed by atoms with E-state index in [0.29, 0.717) is 12.0 Å². The summed E-state index contributed by atoms with van der Waals surface area (Å²) in [6.45, 7) is 0. The van der Waals surface area contributed by atoms with Crippen molar-refractivity contribution in [3.63, 3.8) is 0 Å². The minimum Gasteiger partial charge on any atom is -0.316 e. The molecule has 0 fully saturated rings. The first-order valence-corrected chi connectivity index (χ1v) is 6.19. The highest BCUT2D eigenvalue weighted by atomic mass is 19.1. The van der Waals surface area contributed by atoms with Crippen molar-refractivity contribution in [1.29, 1.82) is 0 Å². The Balaban J connectivity index is 2.06. The van der Waals surface area contributed by atoms with Gasteiger partial charge < -0.3 is 5.32 Å². The molecule has 0 aliphatic heterocycles. The van der Waals surface area contributed by atoms with Crippen LogP contribution in [0.5, 0.6) is 0 Å². The zero-order valence-corrected chi connectivity index (χ0v) is 10.7. The van der Waals surface area contributed by atoms with E-state index in [1.807, 2.05) is 25.2 Å². The molecule has 100 valence electrons. The quantitative estimate of drug-likeness (QED) is 0.896. The number of hydrogen-bond donors (Lipinski definition) is 1. The van der Waals surface area contributed by atoms with Crippen LogP contribution in [0.15, 0.2) is 42.6 Å². The minimum atomic E-state index is -0.539. The minimum absolute atomic E-state index is 0.0936. The second-order valence-corrected chi connectivity index (χ2v) is 4.49. The molecule has 2 nitrogen and oxygen atoms in total. The van der Waals surface area contributed by atoms with Gasteiger partial charge in [0.1, 0.15) is 11.6 Å². The van der Waals surface area contributed by atoms with Crippen LogP contribution in [0.1, 0.15) is 11.3 Å². The molecule has 1 aromatic heterocycles. The van der Waals surface area contributed by atoms with Crippen molar-refractivity contribution in [3.8, 4) is 0 Å². The molecule has 19 heavy (non-hydrogen) atoms. The molecule has 4 heteroatoms. The first kappa shape index (κ1) is 13.6. The van der Waals surface area contributed by atoms with Crippen molar-refractivity contribution >= 4 is 0 Å². The predicted molar refractivity (Wildman–Crippen MR) is 70.9 cm³/mol. The molecule has 0 spiro atoms. The SMILES string of the molecule is CNC(Cc1cc(F)cc(F)c1)Cc1ccccn1. The molecular formula is C15H16F2N2. The lowest BCUT2D eigenvalue weighted by molar-refractivity contribution is 0.539. The summed E-state index contributed by atoms with van der Waals surface area (Å²) in [6, 6.07) is 9.44. The Labute approximate surface area is 111 Å². The Morgan fingerprint density at radius 1 is 1.11 bits per heavy atom. The van der Waals surface area contributed by atoms with E-state index in [-0.39, 0.29) is 6.04 Å². The van der Waals surface area contributed by atoms with E-state index in [1.165, 1.54) is 12.1 Å². The van der Waals surface area contributed by atoms with E-state index >= 15 is 0 Å². The van der Waals surface area contributed by atoms with Crippen LogP contribution in [0, 0.1) is 11.6 Å². The number of rotatable bonds is 5. The van der Waals surface area contributed by atoms with E-state index in [1.54, 1.807) is 6.20 Å². The largest absolute Gasteiger partial charge is 0.316 e. The number of nitrogens with zero attached hydrogens (tertiary/aromatic N) is 1. The summed E-state index contributed by atoms with van der Waals surface area (Å²) in [5.41, 5.74) is 1.60. The average Bonchev–Trinajstić information content (AvgIpc) is 2.38. The molecule has 0 amide bonds. The lowest BCUT2D eigenvalue weighted by atomic mass is 10.0. The summed E-state index contributed by atoms with van der Waals surface area (Å²) in [7, 11) is 1.84. The third kappa shape index (κ3) is 4.10. The Hall–Kier alpha value is -1.81. The van der Waals surface area contributed by atoms with Crippen molar-refractivity contribution in [2.45, 2.75) is 18.9 Å². The zero-order chi connectivity index (χ0) is 13.7. The summed E-state index contributed by atoms with van der Waals surface area (Å²) in [4.78, 5) is 4.26. The molecule has 0 aliphatic carbocycles. The predicted octanol–water partition coefficient (Wildman–Crippen LogP) is 2.73. The second kappa shape index (κ2) is 6.38. The fourth-order valence-electron chi connectivity index (χ4n) is 2.06. The van der Waals surface area contributed by atoms with Crippen LogP contribution in [0.25, 0.3) is 0 Å². The highest BCUT2D eigenvalue weighted by Crippen LogP contribution is 2.12. The van der Waals surface area contributed by atoms with E-state index in [2.05, 4.69) is 10.3 Å². The van der Waals surface area contributed by atoms with Gasteiger partial charge in [-0.05, 0) is 43.3 Å². The fourth-order valence-corrected chi connectivity index (χ4v) is 2.06. The van der Waals surface area contributed by atoms with Crippen molar-refractivity contribution in [1.82, 2.24) is 10.3 Å². The van der Waals surface area contributed by atoms with Crippen molar-refractivity contribution < 1.29 is 8.78 Å². The Bertz CT molecular complexity index is 509. The smallest absolute Gasteiger partial charge is 0.126 e. The lowest BCUT2D eigenvalue weighted by Gasteiger charge is -2.16. The van der Waals surface area contributed by atoms with Gasteiger partial charge in [0, 0.05) is 30.4 Å². The summed E-state index contributed by atoms with van der Waals surface area (Å²) >= 11 is 0. The van der Waals surface area contributed by atoms with Crippen molar-refractivity contribution in [3.05, 3.63) is 65.5 Å². The van der Waals surface area contributed by atoms with Gasteiger partial charge in [-0.25, -0.2) is 8.78 Å². The van der Waals surface area contributed by atoms with Gasteiger partial charge in [0.15, 0.2) is 0 Å². The maximum atomic E-state index is 13.1. The molecule has 2 rings (SSSR count). The van der Waals surface area contributed by atoms with Gasteiger partial charge in [-0.15, -0.1) is 0 Å². The molecule has 0 saturated carbocycles. The summed E-state index contributed by atoms with van der Waals surface area (Å²) < 4.78 is 26.3. The molecular weight excluding hydrogens is 246 g/mol. The first-order valence-electron chi connectivity index (χ1n) is 6.19. The maximum absolute atomic E-state index is 13.1. The van der Waals surface area contributed by atoms with Gasteiger partial charge in [0.05, 0.1) is 0 Å². The van der Waals surface area contributed by atoms with Crippen molar-refractivity contribution in [2.75, 3.05) is 7.05 Å². The molecule has 1 aromatic carbocycles. The van der Waals surface area contributed by atoms with Crippen molar-refractivity contribution in [2.24, 2.45) is 0 Å². The summed E-state index contributed by atoms with van der Waals surface area (Å²) in [5, 5.41) is 3.15. The van der Waals surface area contributed by atoms with Gasteiger partial charge in [0.25, 0.3) is 0 Å². The average molecular weight is 262 g/mol. The number of pyridine rings is 1. The molecule has 0 bridgehead atoms. The Kier molecular flexibility index (Phi) is 4.58. The molecule has 0 radical (unpaired) electrons. The normalized spacial score (nSPS) is 12.4. The van der Waals surface area contributed by atoms with E-state index < -0.39 is 11.6 Å². The first-order chi connectivity index (χ1) is 9.17. The topological polar surface area (TPSA) is 24.9 Å². The van der Waals surface area contributed by atoms with E-state index in [4.69, 9.17) is 0 Å². The standard InChI is InChI=1S/C15H16F2N2/c1-18-15(10-14-4-2-3-5-19-14)8-11-6-12(16)9-13(17)7-11/h2-7,9,15,18H,8,10H2,1H3. The molecule has 2 aromatic rings. The van der Waals surface area contributed by atoms with Crippen LogP contribution in [-0.2, 0) is 12.8 Å². The van der Waals surface area contributed by atoms with Crippen LogP contribution in [0.4, 0.5) is 8.78 Å². The highest BCUT2D eigenvalue weighted by Gasteiger charge is 2.10. The molecule has 1 heterocycles. The number of benzene rings is 1. The summed E-state index contributed by atoms with van der Waals surface area (Å²) in [5.74, 6) is -1.08. The maximum Gasteiger partial charge on any atom is 0.126 e. The molecule has 1 N–H and O–H groups in total. The second-order valence-electron chi connectivity index (χ2n) is 4.49.